The molecule has 10 heteroatoms. The summed E-state index contributed by atoms with van der Waals surface area (Å²) < 4.78 is 12.1. The average Bonchev–Trinajstić information content (AvgIpc) is 2.90. The van der Waals surface area contributed by atoms with Crippen molar-refractivity contribution in [1.82, 2.24) is 10.2 Å². The first-order valence-electron chi connectivity index (χ1n) is 11.8. The van der Waals surface area contributed by atoms with Gasteiger partial charge in [-0.05, 0) is 24.3 Å². The summed E-state index contributed by atoms with van der Waals surface area (Å²) >= 11 is 0. The Morgan fingerprint density at radius 3 is 2.25 bits per heavy atom. The highest BCUT2D eigenvalue weighted by Crippen LogP contribution is 2.48. The molecule has 0 unspecified atom stereocenters. The van der Waals surface area contributed by atoms with Crippen molar-refractivity contribution in [3.8, 4) is 11.5 Å². The van der Waals surface area contributed by atoms with E-state index in [4.69, 9.17) is 9.47 Å². The van der Waals surface area contributed by atoms with Crippen molar-refractivity contribution in [2.24, 2.45) is 5.92 Å². The fourth-order valence-corrected chi connectivity index (χ4v) is 5.56. The van der Waals surface area contributed by atoms with Gasteiger partial charge in [0.1, 0.15) is 18.0 Å². The summed E-state index contributed by atoms with van der Waals surface area (Å²) in [6.07, 6.45) is 2.55. The Bertz CT molecular complexity index is 1250. The van der Waals surface area contributed by atoms with Crippen LogP contribution in [0.5, 0.6) is 11.5 Å². The summed E-state index contributed by atoms with van der Waals surface area (Å²) in [6.45, 7) is 1.67. The Kier molecular flexibility index (Phi) is 6.27. The summed E-state index contributed by atoms with van der Waals surface area (Å²) in [6, 6.07) is 17.1. The summed E-state index contributed by atoms with van der Waals surface area (Å²) in [7, 11) is 0. The number of esters is 1. The zero-order valence-electron chi connectivity index (χ0n) is 19.3. The third-order valence-electron chi connectivity index (χ3n) is 7.48. The molecule has 5 heterocycles. The maximum absolute atomic E-state index is 13.7. The number of urea groups is 1. The minimum absolute atomic E-state index is 0. The molecule has 3 aromatic rings. The fraction of sp³-hybridized carbons (Fsp3) is 0.308. The normalized spacial score (nSPS) is 24.8. The van der Waals surface area contributed by atoms with Crippen LogP contribution in [-0.2, 0) is 15.1 Å². The first-order chi connectivity index (χ1) is 17.0. The predicted molar refractivity (Wildman–Crippen MR) is 124 cm³/mol. The SMILES string of the molecule is O=C(O[C@H]1C[N+]2(C(=O)Nc3cccnn3)CCC1CC2)C1(O)c2ccccc2Oc2ccccc21.[Br-]. The highest BCUT2D eigenvalue weighted by atomic mass is 79.9. The second-order valence-electron chi connectivity index (χ2n) is 9.40. The molecular formula is C26H25BrN4O5. The molecule has 0 spiro atoms. The standard InChI is InChI=1S/C26H24N4O5.BrH/c31-24(26(33)18-6-1-3-8-20(18)34-21-9-4-2-7-19(21)26)35-22-16-30(14-11-17(22)12-15-30)25(32)28-23-10-5-13-27-29-23;/h1-10,13,17,22,33H,11-12,14-16H2;1H/t17?,22-,30?;/m0./s1. The first kappa shape index (κ1) is 24.4. The van der Waals surface area contributed by atoms with Gasteiger partial charge in [0.2, 0.25) is 5.60 Å². The van der Waals surface area contributed by atoms with Crippen molar-refractivity contribution in [1.29, 1.82) is 0 Å². The van der Waals surface area contributed by atoms with Gasteiger partial charge < -0.3 is 31.6 Å². The molecule has 2 bridgehead atoms. The predicted octanol–water partition coefficient (Wildman–Crippen LogP) is 0.206. The number of carbonyl (C=O) groups excluding carboxylic acids is 2. The van der Waals surface area contributed by atoms with Gasteiger partial charge in [-0.2, -0.15) is 5.10 Å². The molecule has 3 fully saturated rings. The molecule has 0 aliphatic carbocycles. The molecule has 4 aliphatic heterocycles. The number of para-hydroxylation sites is 2. The minimum Gasteiger partial charge on any atom is -1.00 e. The van der Waals surface area contributed by atoms with E-state index in [1.807, 2.05) is 0 Å². The number of nitrogens with one attached hydrogen (secondary N) is 1. The van der Waals surface area contributed by atoms with Crippen LogP contribution in [0.4, 0.5) is 10.6 Å². The van der Waals surface area contributed by atoms with Crippen molar-refractivity contribution >= 4 is 17.8 Å². The number of halogens is 1. The van der Waals surface area contributed by atoms with Gasteiger partial charge in [0, 0.05) is 36.1 Å². The highest BCUT2D eigenvalue weighted by molar-refractivity contribution is 5.88. The summed E-state index contributed by atoms with van der Waals surface area (Å²) in [5.41, 5.74) is -1.33. The summed E-state index contributed by atoms with van der Waals surface area (Å²) in [5, 5.41) is 22.5. The van der Waals surface area contributed by atoms with Gasteiger partial charge in [-0.3, -0.25) is 5.32 Å². The largest absolute Gasteiger partial charge is 1.00 e. The lowest BCUT2D eigenvalue weighted by atomic mass is 9.81. The van der Waals surface area contributed by atoms with Gasteiger partial charge in [-0.1, -0.05) is 36.4 Å². The van der Waals surface area contributed by atoms with E-state index in [1.165, 1.54) is 0 Å². The Balaban J connectivity index is 0.00000267. The first-order valence-corrected chi connectivity index (χ1v) is 11.8. The number of hydrogen-bond acceptors (Lipinski definition) is 7. The molecule has 1 atom stereocenters. The van der Waals surface area contributed by atoms with Gasteiger partial charge in [0.15, 0.2) is 11.9 Å². The van der Waals surface area contributed by atoms with Crippen LogP contribution in [0.3, 0.4) is 0 Å². The summed E-state index contributed by atoms with van der Waals surface area (Å²) in [5.74, 6) is 0.581. The number of benzene rings is 2. The van der Waals surface area contributed by atoms with Crippen molar-refractivity contribution in [3.05, 3.63) is 78.0 Å². The lowest BCUT2D eigenvalue weighted by molar-refractivity contribution is -0.869. The molecule has 0 radical (unpaired) electrons. The van der Waals surface area contributed by atoms with E-state index >= 15 is 0 Å². The number of piperidine rings is 3. The van der Waals surface area contributed by atoms with Gasteiger partial charge in [0.25, 0.3) is 0 Å². The van der Waals surface area contributed by atoms with Gasteiger partial charge >= 0.3 is 12.0 Å². The maximum atomic E-state index is 13.7. The number of quaternary nitrogens is 1. The molecule has 0 saturated carbocycles. The minimum atomic E-state index is -2.01. The third kappa shape index (κ3) is 3.85. The van der Waals surface area contributed by atoms with Crippen molar-refractivity contribution < 1.29 is 45.6 Å². The number of ether oxygens (including phenoxy) is 2. The maximum Gasteiger partial charge on any atom is 0.422 e. The molecule has 7 rings (SSSR count). The lowest BCUT2D eigenvalue weighted by Crippen LogP contribution is -3.00. The van der Waals surface area contributed by atoms with E-state index in [0.29, 0.717) is 48.1 Å². The number of anilines is 1. The number of amides is 2. The quantitative estimate of drug-likeness (QED) is 0.353. The van der Waals surface area contributed by atoms with Gasteiger partial charge in [-0.15, -0.1) is 5.10 Å². The number of carbonyl (C=O) groups is 2. The van der Waals surface area contributed by atoms with E-state index in [2.05, 4.69) is 15.5 Å². The van der Waals surface area contributed by atoms with Crippen LogP contribution in [0.1, 0.15) is 24.0 Å². The van der Waals surface area contributed by atoms with Gasteiger partial charge in [-0.25, -0.2) is 14.1 Å². The Morgan fingerprint density at radius 1 is 1.00 bits per heavy atom. The number of aliphatic hydroxyl groups is 1. The molecule has 4 aliphatic rings. The topological polar surface area (TPSA) is 111 Å². The molecular weight excluding hydrogens is 528 g/mol. The van der Waals surface area contributed by atoms with Crippen LogP contribution in [0.15, 0.2) is 66.9 Å². The second-order valence-corrected chi connectivity index (χ2v) is 9.40. The van der Waals surface area contributed by atoms with Crippen LogP contribution in [0.2, 0.25) is 0 Å². The fourth-order valence-electron chi connectivity index (χ4n) is 5.56. The van der Waals surface area contributed by atoms with E-state index in [1.54, 1.807) is 66.9 Å². The Labute approximate surface area is 218 Å². The number of aromatic nitrogens is 2. The number of hydrogen-bond donors (Lipinski definition) is 2. The zero-order chi connectivity index (χ0) is 24.0. The molecule has 1 aromatic heterocycles. The Hall–Kier alpha value is -3.34. The molecule has 186 valence electrons. The van der Waals surface area contributed by atoms with E-state index in [0.717, 1.165) is 12.8 Å². The third-order valence-corrected chi connectivity index (χ3v) is 7.48. The second kappa shape index (κ2) is 9.27. The molecule has 2 N–H and O–H groups in total. The van der Waals surface area contributed by atoms with Crippen LogP contribution in [0, 0.1) is 5.92 Å². The van der Waals surface area contributed by atoms with Crippen LogP contribution in [0.25, 0.3) is 0 Å². The number of fused-ring (bicyclic) bond motifs is 5. The van der Waals surface area contributed by atoms with Crippen LogP contribution in [-0.4, -0.2) is 57.5 Å². The summed E-state index contributed by atoms with van der Waals surface area (Å²) in [4.78, 5) is 27.0. The highest BCUT2D eigenvalue weighted by Gasteiger charge is 2.55. The Morgan fingerprint density at radius 2 is 1.64 bits per heavy atom. The molecule has 9 nitrogen and oxygen atoms in total. The lowest BCUT2D eigenvalue weighted by Gasteiger charge is -2.49. The zero-order valence-corrected chi connectivity index (χ0v) is 20.9. The number of rotatable bonds is 3. The van der Waals surface area contributed by atoms with Crippen molar-refractivity contribution in [3.63, 3.8) is 0 Å². The van der Waals surface area contributed by atoms with E-state index < -0.39 is 17.7 Å². The smallest absolute Gasteiger partial charge is 0.422 e. The molecule has 2 aromatic carbocycles. The van der Waals surface area contributed by atoms with Crippen LogP contribution < -0.4 is 27.0 Å². The van der Waals surface area contributed by atoms with Crippen molar-refractivity contribution in [2.45, 2.75) is 24.5 Å². The molecule has 3 saturated heterocycles. The monoisotopic (exact) mass is 552 g/mol. The van der Waals surface area contributed by atoms with E-state index in [9.17, 15) is 14.7 Å². The van der Waals surface area contributed by atoms with E-state index in [-0.39, 0.29) is 33.4 Å². The average molecular weight is 553 g/mol. The molecule has 36 heavy (non-hydrogen) atoms. The number of nitrogens with zero attached hydrogens (tertiary/aromatic N) is 3. The molecule has 2 amide bonds. The van der Waals surface area contributed by atoms with Crippen LogP contribution >= 0.6 is 0 Å². The van der Waals surface area contributed by atoms with Gasteiger partial charge in [0.05, 0.1) is 13.1 Å². The van der Waals surface area contributed by atoms with Crippen molar-refractivity contribution in [2.75, 3.05) is 25.0 Å².